The van der Waals surface area contributed by atoms with Crippen molar-refractivity contribution in [2.75, 3.05) is 105 Å². The molecule has 9 atom stereocenters. The summed E-state index contributed by atoms with van der Waals surface area (Å²) in [5.41, 5.74) is 9.34. The second-order valence-electron chi connectivity index (χ2n) is 30.6. The van der Waals surface area contributed by atoms with Gasteiger partial charge in [-0.3, -0.25) is 24.0 Å². The van der Waals surface area contributed by atoms with Crippen LogP contribution in [-0.2, 0) is 20.9 Å². The third-order valence-electron chi connectivity index (χ3n) is 22.9. The van der Waals surface area contributed by atoms with Crippen LogP contribution in [0.15, 0.2) is 103 Å². The predicted octanol–water partition coefficient (Wildman–Crippen LogP) is 13.9. The average molecular weight is 1540 g/mol. The maximum atomic E-state index is 13.8. The van der Waals surface area contributed by atoms with E-state index in [1.165, 1.54) is 69.8 Å². The minimum Gasteiger partial charge on any atom is -0.350 e. The lowest BCUT2D eigenvalue weighted by atomic mass is 9.95. The van der Waals surface area contributed by atoms with Crippen LogP contribution in [0.3, 0.4) is 0 Å². The van der Waals surface area contributed by atoms with Gasteiger partial charge in [-0.15, -0.1) is 0 Å². The first-order valence-corrected chi connectivity index (χ1v) is 41.5. The summed E-state index contributed by atoms with van der Waals surface area (Å²) >= 11 is 30.4. The zero-order chi connectivity index (χ0) is 74.2. The Hall–Kier alpha value is -5.12. The number of carbonyl (C=O) groups excluding carboxylic acids is 5. The van der Waals surface area contributed by atoms with Crippen LogP contribution in [0.25, 0.3) is 10.8 Å². The molecule has 0 radical (unpaired) electrons. The number of nitrogens with two attached hydrogens (primary N) is 1. The number of nitrogens with one attached hydrogen (secondary N) is 6. The highest BCUT2D eigenvalue weighted by molar-refractivity contribution is 6.42. The average Bonchev–Trinajstić information content (AvgIpc) is 1.50. The number of likely N-dealkylation sites (tertiary alicyclic amines) is 2. The van der Waals surface area contributed by atoms with Crippen molar-refractivity contribution in [1.82, 2.24) is 56.4 Å². The number of hydrogen-bond donors (Lipinski definition) is 7. The Morgan fingerprint density at radius 2 is 0.933 bits per heavy atom. The zero-order valence-corrected chi connectivity index (χ0v) is 66.1. The van der Waals surface area contributed by atoms with Gasteiger partial charge in [-0.05, 0) is 229 Å². The van der Waals surface area contributed by atoms with E-state index in [9.17, 15) is 24.0 Å². The number of rotatable bonds is 30. The molecule has 17 nitrogen and oxygen atoms in total. The number of carbonyl (C=O) groups is 5. The molecule has 5 heterocycles. The number of halogens is 5. The first-order chi connectivity index (χ1) is 50.9. The van der Waals surface area contributed by atoms with Crippen LogP contribution < -0.4 is 37.6 Å². The lowest BCUT2D eigenvalue weighted by Crippen LogP contribution is -2.50. The van der Waals surface area contributed by atoms with Crippen molar-refractivity contribution in [1.29, 1.82) is 0 Å². The van der Waals surface area contributed by atoms with E-state index in [2.05, 4.69) is 103 Å². The molecule has 0 spiro atoms. The van der Waals surface area contributed by atoms with Gasteiger partial charge in [-0.2, -0.15) is 0 Å². The number of amides is 5. The van der Waals surface area contributed by atoms with Gasteiger partial charge in [0.1, 0.15) is 0 Å². The van der Waals surface area contributed by atoms with E-state index in [0.29, 0.717) is 86.6 Å². The summed E-state index contributed by atoms with van der Waals surface area (Å²) in [6.07, 6.45) is 21.0. The minimum atomic E-state index is -0.290. The highest BCUT2D eigenvalue weighted by Crippen LogP contribution is 2.40. The molecule has 7 aliphatic rings. The number of fused-ring (bicyclic) bond motifs is 1. The topological polar surface area (TPSA) is 200 Å². The molecule has 5 aromatic rings. The van der Waals surface area contributed by atoms with Crippen molar-refractivity contribution >= 4 is 98.3 Å². The van der Waals surface area contributed by atoms with E-state index in [-0.39, 0.29) is 65.8 Å². The molecule has 22 heteroatoms. The van der Waals surface area contributed by atoms with E-state index in [4.69, 9.17) is 63.7 Å². The minimum absolute atomic E-state index is 0.0275. The van der Waals surface area contributed by atoms with Crippen LogP contribution in [0.2, 0.25) is 25.1 Å². The van der Waals surface area contributed by atoms with Gasteiger partial charge >= 0.3 is 0 Å². The molecule has 0 aromatic heterocycles. The third kappa shape index (κ3) is 25.5. The molecule has 7 fully saturated rings. The highest BCUT2D eigenvalue weighted by atomic mass is 35.5. The third-order valence-corrected chi connectivity index (χ3v) is 24.6. The number of benzene rings is 5. The molecular weight excluding hydrogens is 1420 g/mol. The Balaban J connectivity index is 0.000000169. The summed E-state index contributed by atoms with van der Waals surface area (Å²) in [7, 11) is 0. The van der Waals surface area contributed by atoms with Gasteiger partial charge in [0.15, 0.2) is 0 Å². The van der Waals surface area contributed by atoms with Crippen LogP contribution in [0, 0.1) is 23.7 Å². The molecule has 2 unspecified atom stereocenters. The molecule has 5 aromatic carbocycles. The fourth-order valence-electron chi connectivity index (χ4n) is 16.1. The van der Waals surface area contributed by atoms with Gasteiger partial charge in [-0.1, -0.05) is 153 Å². The van der Waals surface area contributed by atoms with Gasteiger partial charge in [0.05, 0.1) is 38.2 Å². The van der Waals surface area contributed by atoms with Crippen molar-refractivity contribution in [3.8, 4) is 0 Å². The molecular formula is C83H117Cl5N12O5. The van der Waals surface area contributed by atoms with E-state index >= 15 is 0 Å². The Bertz CT molecular complexity index is 3580. The summed E-state index contributed by atoms with van der Waals surface area (Å²) < 4.78 is 0. The summed E-state index contributed by atoms with van der Waals surface area (Å²) in [5.74, 6) is 3.48. The maximum Gasteiger partial charge on any atom is 0.251 e. The molecule has 12 rings (SSSR count). The fraction of sp³-hybridized carbons (Fsp3) is 0.602. The fourth-order valence-corrected chi connectivity index (χ4v) is 16.9. The van der Waals surface area contributed by atoms with Gasteiger partial charge in [0.25, 0.3) is 11.8 Å². The standard InChI is InChI=1S/C30H42Cl2N4O.C27H40Cl2N4O2.C26H35ClN4O2/c1-2-24(25-9-5-3-6-10-25)22-36-18-13-26(21-33-20-23-11-12-27(31)28(32)19-23)34-29(30(36)37)14-17-35-15-7-4-8-16-35;1-2-19(20-6-7-20)18-33-15-10-22(17-30-26(34)21-8-9-23(28)24(29)16-21)31-25(27(33)35)11-14-32-12-4-3-5-13-32;1-2-17(18-3-4-18)16-31-12-10-23(30-24(9-11-28)26(31)33)15-29-25(32)21-6-5-20-14-22(27)8-7-19(20)13-21/h3,5-6,9-12,19,24,26,29,33-34H,2,4,7-8,13-18,20-22H2,1H3;8-9,16,19-20,22,25,31H,2-7,10-15,17-18H2,1H3,(H,30,34);5-8,13-14,17-18,23-24,30H,2-4,9-12,15-16,28H2,1H3,(H,29,32)/t24-,26+,29+;19?,22-,25-;17?,23-,24-/m100/s1. The molecule has 574 valence electrons. The second kappa shape index (κ2) is 42.2. The van der Waals surface area contributed by atoms with Crippen LogP contribution in [0.4, 0.5) is 0 Å². The first-order valence-electron chi connectivity index (χ1n) is 39.7. The molecule has 0 bridgehead atoms. The Morgan fingerprint density at radius 3 is 1.42 bits per heavy atom. The molecule has 105 heavy (non-hydrogen) atoms. The molecule has 2 aliphatic carbocycles. The van der Waals surface area contributed by atoms with Crippen molar-refractivity contribution in [3.63, 3.8) is 0 Å². The molecule has 5 aliphatic heterocycles. The summed E-state index contributed by atoms with van der Waals surface area (Å²) in [5, 5.41) is 25.1. The molecule has 5 saturated heterocycles. The van der Waals surface area contributed by atoms with Crippen molar-refractivity contribution < 1.29 is 24.0 Å². The SMILES string of the molecule is CCC(CN1CC[C@@H](CNC(=O)c2ccc(Cl)c(Cl)c2)N[C@@H](CCN2CCCCC2)C1=O)C1CC1.CCC(CN1CC[C@@H](CNC(=O)c2ccc3cc(Cl)ccc3c2)N[C@@H](CCN)C1=O)C1CC1.CC[C@H](CN1CC[C@@H](CNCc2ccc(Cl)c(Cl)c2)N[C@@H](CCN2CCCCC2)C1=O)c1ccccc1. The van der Waals surface area contributed by atoms with E-state index in [0.717, 1.165) is 165 Å². The highest BCUT2D eigenvalue weighted by Gasteiger charge is 2.39. The van der Waals surface area contributed by atoms with Crippen molar-refractivity contribution in [2.45, 2.75) is 191 Å². The summed E-state index contributed by atoms with van der Waals surface area (Å²) in [4.78, 5) is 77.5. The van der Waals surface area contributed by atoms with E-state index in [1.807, 2.05) is 59.5 Å². The largest absolute Gasteiger partial charge is 0.350 e. The quantitative estimate of drug-likeness (QED) is 0.0230. The van der Waals surface area contributed by atoms with Gasteiger partial charge in [0.2, 0.25) is 17.7 Å². The Morgan fingerprint density at radius 1 is 0.476 bits per heavy atom. The monoisotopic (exact) mass is 1540 g/mol. The number of nitrogens with zero attached hydrogens (tertiary/aromatic N) is 5. The maximum absolute atomic E-state index is 13.8. The van der Waals surface area contributed by atoms with E-state index in [1.54, 1.807) is 18.2 Å². The molecule has 2 saturated carbocycles. The first kappa shape index (κ1) is 82.4. The Kier molecular flexibility index (Phi) is 33.1. The Labute approximate surface area is 650 Å². The van der Waals surface area contributed by atoms with Gasteiger partial charge < -0.3 is 62.1 Å². The van der Waals surface area contributed by atoms with Crippen LogP contribution in [0.5, 0.6) is 0 Å². The normalized spacial score (nSPS) is 23.1. The van der Waals surface area contributed by atoms with Crippen LogP contribution >= 0.6 is 58.0 Å². The number of piperidine rings is 2. The summed E-state index contributed by atoms with van der Waals surface area (Å²) in [6.45, 7) is 20.8. The van der Waals surface area contributed by atoms with E-state index < -0.39 is 0 Å². The lowest BCUT2D eigenvalue weighted by Gasteiger charge is -2.31. The van der Waals surface area contributed by atoms with Crippen LogP contribution in [-0.4, -0.2) is 195 Å². The second-order valence-corrected chi connectivity index (χ2v) is 32.7. The van der Waals surface area contributed by atoms with Gasteiger partial charge in [-0.25, -0.2) is 0 Å². The number of hydrogen-bond acceptors (Lipinski definition) is 12. The summed E-state index contributed by atoms with van der Waals surface area (Å²) in [6, 6.07) is 32.2. The van der Waals surface area contributed by atoms with Gasteiger partial charge in [0, 0.05) is 119 Å². The van der Waals surface area contributed by atoms with Crippen molar-refractivity contribution in [2.24, 2.45) is 29.4 Å². The lowest BCUT2D eigenvalue weighted by molar-refractivity contribution is -0.134. The zero-order valence-electron chi connectivity index (χ0n) is 62.4. The molecule has 8 N–H and O–H groups in total. The molecule has 5 amide bonds. The smallest absolute Gasteiger partial charge is 0.251 e. The van der Waals surface area contributed by atoms with Crippen molar-refractivity contribution in [3.05, 3.63) is 150 Å². The van der Waals surface area contributed by atoms with Crippen LogP contribution in [0.1, 0.15) is 181 Å². The predicted molar refractivity (Wildman–Crippen MR) is 430 cm³/mol.